The number of nitrogens with zero attached hydrogens (tertiary/aromatic N) is 4. The topological polar surface area (TPSA) is 103 Å². The number of aromatic nitrogens is 2. The van der Waals surface area contributed by atoms with Gasteiger partial charge in [-0.05, 0) is 60.9 Å². The third-order valence-electron chi connectivity index (χ3n) is 4.99. The smallest absolute Gasteiger partial charge is 0.285 e. The SMILES string of the molecule is Cc1cc(NC2=CN(Sc3ccc(NC(=O)CNC4CC4)cc3)CC3=NC=C[N+]23)n[nH]1. The van der Waals surface area contributed by atoms with E-state index < -0.39 is 0 Å². The van der Waals surface area contributed by atoms with Crippen LogP contribution in [-0.4, -0.2) is 45.4 Å². The molecule has 0 saturated heterocycles. The monoisotopic (exact) mass is 436 g/mol. The van der Waals surface area contributed by atoms with Crippen molar-refractivity contribution >= 4 is 35.2 Å². The highest BCUT2D eigenvalue weighted by atomic mass is 32.2. The molecule has 1 amide bonds. The van der Waals surface area contributed by atoms with Crippen LogP contribution in [0.3, 0.4) is 0 Å². The molecule has 1 radical (unpaired) electrons. The molecule has 0 atom stereocenters. The van der Waals surface area contributed by atoms with Crippen molar-refractivity contribution in [2.45, 2.75) is 30.7 Å². The van der Waals surface area contributed by atoms with E-state index in [4.69, 9.17) is 0 Å². The number of hydrogen-bond donors (Lipinski definition) is 4. The molecule has 10 heteroatoms. The highest BCUT2D eigenvalue weighted by molar-refractivity contribution is 7.97. The Morgan fingerprint density at radius 3 is 2.90 bits per heavy atom. The lowest BCUT2D eigenvalue weighted by Crippen LogP contribution is -2.42. The lowest BCUT2D eigenvalue weighted by atomic mass is 10.3. The van der Waals surface area contributed by atoms with E-state index in [2.05, 4.69) is 35.4 Å². The maximum atomic E-state index is 12.0. The number of hydrogen-bond acceptors (Lipinski definition) is 8. The molecule has 5 rings (SSSR count). The largest absolute Gasteiger partial charge is 0.325 e. The third kappa shape index (κ3) is 4.98. The molecule has 9 nitrogen and oxygen atoms in total. The fourth-order valence-electron chi connectivity index (χ4n) is 3.28. The number of anilines is 2. The predicted octanol–water partition coefficient (Wildman–Crippen LogP) is 2.67. The molecule has 1 aliphatic carbocycles. The van der Waals surface area contributed by atoms with Crippen molar-refractivity contribution in [3.05, 3.63) is 60.4 Å². The van der Waals surface area contributed by atoms with Crippen molar-refractivity contribution in [2.75, 3.05) is 23.7 Å². The van der Waals surface area contributed by atoms with Crippen LogP contribution in [0.15, 0.2) is 64.6 Å². The number of aromatic amines is 1. The van der Waals surface area contributed by atoms with Crippen LogP contribution in [0.2, 0.25) is 0 Å². The molecule has 1 fully saturated rings. The van der Waals surface area contributed by atoms with E-state index in [0.717, 1.165) is 33.8 Å². The summed E-state index contributed by atoms with van der Waals surface area (Å²) in [7, 11) is 0. The van der Waals surface area contributed by atoms with Crippen molar-refractivity contribution in [2.24, 2.45) is 4.99 Å². The Bertz CT molecular complexity index is 1050. The average molecular weight is 437 g/mol. The Morgan fingerprint density at radius 1 is 1.32 bits per heavy atom. The number of amides is 1. The Balaban J connectivity index is 1.22. The van der Waals surface area contributed by atoms with Gasteiger partial charge in [0.1, 0.15) is 6.54 Å². The van der Waals surface area contributed by atoms with E-state index in [9.17, 15) is 4.79 Å². The Kier molecular flexibility index (Phi) is 5.49. The van der Waals surface area contributed by atoms with Crippen LogP contribution >= 0.6 is 11.9 Å². The first-order chi connectivity index (χ1) is 15.1. The van der Waals surface area contributed by atoms with Crippen LogP contribution in [0.5, 0.6) is 0 Å². The van der Waals surface area contributed by atoms with Crippen LogP contribution in [0.1, 0.15) is 18.5 Å². The number of fused-ring (bicyclic) bond motifs is 1. The van der Waals surface area contributed by atoms with Gasteiger partial charge in [-0.25, -0.2) is 0 Å². The fraction of sp³-hybridized carbons (Fsp3) is 0.286. The first kappa shape index (κ1) is 19.9. The zero-order valence-electron chi connectivity index (χ0n) is 17.1. The molecule has 159 valence electrons. The van der Waals surface area contributed by atoms with Gasteiger partial charge in [0, 0.05) is 28.4 Å². The Labute approximate surface area is 184 Å². The van der Waals surface area contributed by atoms with Crippen molar-refractivity contribution in [3.63, 3.8) is 0 Å². The molecular formula is C21H24N8OS+. The average Bonchev–Trinajstić information content (AvgIpc) is 3.31. The molecule has 1 aromatic heterocycles. The minimum Gasteiger partial charge on any atom is -0.325 e. The van der Waals surface area contributed by atoms with E-state index in [1.165, 1.54) is 12.8 Å². The Hall–Kier alpha value is -3.08. The van der Waals surface area contributed by atoms with Gasteiger partial charge in [-0.15, -0.1) is 0 Å². The van der Waals surface area contributed by atoms with Crippen LogP contribution in [0.25, 0.3) is 0 Å². The quantitative estimate of drug-likeness (QED) is 0.375. The summed E-state index contributed by atoms with van der Waals surface area (Å²) in [5, 5.41) is 16.7. The van der Waals surface area contributed by atoms with Gasteiger partial charge < -0.3 is 10.6 Å². The predicted molar refractivity (Wildman–Crippen MR) is 122 cm³/mol. The number of carbonyl (C=O) groups excluding carboxylic acids is 1. The highest BCUT2D eigenvalue weighted by Crippen LogP contribution is 2.29. The summed E-state index contributed by atoms with van der Waals surface area (Å²) in [6.07, 6.45) is 8.12. The standard InChI is InChI=1S/C21H24N8OS/c1-14-10-18(27-26-14)25-20-13-28(12-19-22-8-9-29(19)20)31-17-6-4-16(5-7-17)24-21(30)11-23-15-2-3-15/h4-10,13,15,23H,2-3,11-12H2,1H3,(H,24,30)(H2,25,26,27)/q+1. The number of H-pyrrole nitrogens is 1. The minimum absolute atomic E-state index is 0.0116. The molecule has 1 saturated carbocycles. The molecule has 0 unspecified atom stereocenters. The van der Waals surface area contributed by atoms with Gasteiger partial charge in [0.05, 0.1) is 18.9 Å². The molecule has 2 aliphatic heterocycles. The number of aliphatic imine (C=N–C) groups is 1. The second-order valence-corrected chi connectivity index (χ2v) is 8.81. The number of nitrogens with one attached hydrogen (secondary N) is 4. The first-order valence-electron chi connectivity index (χ1n) is 10.2. The minimum atomic E-state index is -0.0116. The summed E-state index contributed by atoms with van der Waals surface area (Å²) in [6.45, 7) is 3.00. The molecule has 2 aromatic rings. The molecule has 3 heterocycles. The van der Waals surface area contributed by atoms with Gasteiger partial charge in [-0.3, -0.25) is 19.5 Å². The summed E-state index contributed by atoms with van der Waals surface area (Å²) in [5.74, 6) is 2.57. The maximum Gasteiger partial charge on any atom is 0.285 e. The van der Waals surface area contributed by atoms with Gasteiger partial charge >= 0.3 is 0 Å². The van der Waals surface area contributed by atoms with Gasteiger partial charge in [0.15, 0.2) is 12.0 Å². The van der Waals surface area contributed by atoms with E-state index in [1.54, 1.807) is 18.1 Å². The number of benzene rings is 1. The van der Waals surface area contributed by atoms with Crippen LogP contribution < -0.4 is 20.9 Å². The summed E-state index contributed by atoms with van der Waals surface area (Å²) in [6, 6.07) is 10.3. The first-order valence-corrected chi connectivity index (χ1v) is 11.0. The molecule has 0 spiro atoms. The third-order valence-corrected chi connectivity index (χ3v) is 5.94. The van der Waals surface area contributed by atoms with Crippen molar-refractivity contribution < 1.29 is 4.79 Å². The van der Waals surface area contributed by atoms with Gasteiger partial charge in [0.2, 0.25) is 5.91 Å². The molecule has 3 aliphatic rings. The molecule has 1 aromatic carbocycles. The fourth-order valence-corrected chi connectivity index (χ4v) is 4.14. The van der Waals surface area contributed by atoms with E-state index >= 15 is 0 Å². The number of amidine groups is 1. The lowest BCUT2D eigenvalue weighted by Gasteiger charge is -2.24. The molecule has 31 heavy (non-hydrogen) atoms. The van der Waals surface area contributed by atoms with Crippen molar-refractivity contribution in [1.82, 2.24) is 24.7 Å². The van der Waals surface area contributed by atoms with E-state index in [0.29, 0.717) is 19.1 Å². The maximum absolute atomic E-state index is 12.0. The molecule has 4 N–H and O–H groups in total. The second-order valence-electron chi connectivity index (χ2n) is 7.68. The van der Waals surface area contributed by atoms with E-state index in [1.807, 2.05) is 54.6 Å². The summed E-state index contributed by atoms with van der Waals surface area (Å²) in [5.41, 5.74) is 1.79. The van der Waals surface area contributed by atoms with Gasteiger partial charge in [-0.1, -0.05) is 0 Å². The second kappa shape index (κ2) is 8.58. The summed E-state index contributed by atoms with van der Waals surface area (Å²) < 4.78 is 2.12. The lowest BCUT2D eigenvalue weighted by molar-refractivity contribution is -0.115. The zero-order valence-corrected chi connectivity index (χ0v) is 17.9. The van der Waals surface area contributed by atoms with Crippen LogP contribution in [0, 0.1) is 6.92 Å². The van der Waals surface area contributed by atoms with Gasteiger partial charge in [0.25, 0.3) is 11.7 Å². The highest BCUT2D eigenvalue weighted by Gasteiger charge is 2.37. The Morgan fingerprint density at radius 2 is 2.16 bits per heavy atom. The summed E-state index contributed by atoms with van der Waals surface area (Å²) in [4.78, 5) is 19.6. The van der Waals surface area contributed by atoms with Crippen molar-refractivity contribution in [1.29, 1.82) is 0 Å². The normalized spacial score (nSPS) is 17.9. The number of rotatable bonds is 8. The van der Waals surface area contributed by atoms with Crippen molar-refractivity contribution in [3.8, 4) is 0 Å². The number of aryl methyl sites for hydroxylation is 1. The van der Waals surface area contributed by atoms with Crippen LogP contribution in [-0.2, 0) is 4.79 Å². The number of carbonyl (C=O) groups is 1. The van der Waals surface area contributed by atoms with Gasteiger partial charge in [-0.2, -0.15) is 10.1 Å². The van der Waals surface area contributed by atoms with E-state index in [-0.39, 0.29) is 5.91 Å². The van der Waals surface area contributed by atoms with Crippen LogP contribution in [0.4, 0.5) is 11.5 Å². The summed E-state index contributed by atoms with van der Waals surface area (Å²) >= 11 is 1.61. The molecular weight excluding hydrogens is 412 g/mol. The molecule has 0 bridgehead atoms. The zero-order chi connectivity index (χ0) is 21.2.